The zero-order chi connectivity index (χ0) is 21.0. The maximum atomic E-state index is 13.2. The average molecular weight is 549 g/mol. The van der Waals surface area contributed by atoms with Gasteiger partial charge in [0.05, 0.1) is 11.3 Å². The van der Waals surface area contributed by atoms with Crippen molar-refractivity contribution in [3.05, 3.63) is 68.8 Å². The number of anilines is 1. The molecular weight excluding hydrogens is 534 g/mol. The van der Waals surface area contributed by atoms with Crippen molar-refractivity contribution in [2.24, 2.45) is 0 Å². The largest absolute Gasteiger partial charge is 0.460 e. The third-order valence-electron chi connectivity index (χ3n) is 5.28. The van der Waals surface area contributed by atoms with Crippen molar-refractivity contribution >= 4 is 75.1 Å². The second kappa shape index (κ2) is 7.21. The van der Waals surface area contributed by atoms with Gasteiger partial charge < -0.3 is 4.42 Å². The van der Waals surface area contributed by atoms with Gasteiger partial charge in [-0.3, -0.25) is 9.52 Å². The molecule has 1 aromatic heterocycles. The van der Waals surface area contributed by atoms with Crippen molar-refractivity contribution < 1.29 is 17.6 Å². The second-order valence-corrected chi connectivity index (χ2v) is 10.6. The molecule has 0 saturated carbocycles. The van der Waals surface area contributed by atoms with E-state index in [1.165, 1.54) is 6.07 Å². The SMILES string of the molecule is O=C1CCCc2oc3c(cc(NS(=O)(=O)c4cc(Br)ccc4Br)c4ccccc43)c21. The van der Waals surface area contributed by atoms with Crippen molar-refractivity contribution in [2.75, 3.05) is 4.72 Å². The molecule has 30 heavy (non-hydrogen) atoms. The van der Waals surface area contributed by atoms with E-state index in [9.17, 15) is 13.2 Å². The summed E-state index contributed by atoms with van der Waals surface area (Å²) in [5.41, 5.74) is 1.61. The zero-order valence-corrected chi connectivity index (χ0v) is 19.5. The number of sulfonamides is 1. The van der Waals surface area contributed by atoms with Crippen LogP contribution in [0.4, 0.5) is 5.69 Å². The summed E-state index contributed by atoms with van der Waals surface area (Å²) in [7, 11) is -3.89. The average Bonchev–Trinajstić information content (AvgIpc) is 3.09. The summed E-state index contributed by atoms with van der Waals surface area (Å²) >= 11 is 6.65. The van der Waals surface area contributed by atoms with Crippen LogP contribution in [0, 0.1) is 0 Å². The number of fused-ring (bicyclic) bond motifs is 5. The minimum absolute atomic E-state index is 0.0359. The van der Waals surface area contributed by atoms with Gasteiger partial charge in [0, 0.05) is 37.9 Å². The number of benzene rings is 3. The number of aryl methyl sites for hydroxylation is 1. The predicted octanol–water partition coefficient (Wildman–Crippen LogP) is 6.43. The van der Waals surface area contributed by atoms with Gasteiger partial charge in [0.15, 0.2) is 5.78 Å². The summed E-state index contributed by atoms with van der Waals surface area (Å²) in [5, 5.41) is 2.13. The van der Waals surface area contributed by atoms with Gasteiger partial charge in [-0.05, 0) is 46.6 Å². The van der Waals surface area contributed by atoms with Crippen LogP contribution in [0.3, 0.4) is 0 Å². The number of carbonyl (C=O) groups excluding carboxylic acids is 1. The summed E-state index contributed by atoms with van der Waals surface area (Å²) in [4.78, 5) is 12.7. The number of hydrogen-bond acceptors (Lipinski definition) is 4. The Labute approximate surface area is 189 Å². The fourth-order valence-corrected chi connectivity index (χ4v) is 6.53. The molecule has 0 aliphatic heterocycles. The lowest BCUT2D eigenvalue weighted by Gasteiger charge is -2.13. The van der Waals surface area contributed by atoms with Crippen LogP contribution < -0.4 is 4.72 Å². The molecule has 5 nitrogen and oxygen atoms in total. The fourth-order valence-electron chi connectivity index (χ4n) is 3.95. The Morgan fingerprint density at radius 1 is 0.933 bits per heavy atom. The van der Waals surface area contributed by atoms with E-state index in [4.69, 9.17) is 4.42 Å². The molecule has 1 N–H and O–H groups in total. The first kappa shape index (κ1) is 19.8. The number of carbonyl (C=O) groups is 1. The third-order valence-corrected chi connectivity index (χ3v) is 8.13. The van der Waals surface area contributed by atoms with Crippen LogP contribution in [-0.2, 0) is 16.4 Å². The van der Waals surface area contributed by atoms with Gasteiger partial charge in [0.1, 0.15) is 16.2 Å². The molecule has 0 radical (unpaired) electrons. The molecule has 0 saturated heterocycles. The lowest BCUT2D eigenvalue weighted by atomic mass is 9.93. The molecule has 3 aromatic carbocycles. The first-order chi connectivity index (χ1) is 14.3. The summed E-state index contributed by atoms with van der Waals surface area (Å²) in [5.74, 6) is 0.718. The normalized spacial score (nSPS) is 14.3. The third kappa shape index (κ3) is 3.18. The van der Waals surface area contributed by atoms with E-state index in [0.717, 1.165) is 11.8 Å². The predicted molar refractivity (Wildman–Crippen MR) is 124 cm³/mol. The summed E-state index contributed by atoms with van der Waals surface area (Å²) < 4.78 is 36.3. The molecule has 0 amide bonds. The Kier molecular flexibility index (Phi) is 4.76. The van der Waals surface area contributed by atoms with E-state index in [-0.39, 0.29) is 10.7 Å². The highest BCUT2D eigenvalue weighted by molar-refractivity contribution is 9.11. The highest BCUT2D eigenvalue weighted by Gasteiger charge is 2.27. The van der Waals surface area contributed by atoms with Gasteiger partial charge in [-0.25, -0.2) is 8.42 Å². The first-order valence-electron chi connectivity index (χ1n) is 9.33. The quantitative estimate of drug-likeness (QED) is 0.320. The number of halogens is 2. The highest BCUT2D eigenvalue weighted by Crippen LogP contribution is 2.40. The van der Waals surface area contributed by atoms with Crippen molar-refractivity contribution in [3.63, 3.8) is 0 Å². The standard InChI is InChI=1S/C22H15Br2NO4S/c23-12-8-9-16(24)20(10-12)30(27,28)25-17-11-15-21-18(26)6-3-7-19(21)29-22(15)14-5-2-1-4-13(14)17/h1-2,4-5,8-11,25H,3,6-7H2. The van der Waals surface area contributed by atoms with Crippen LogP contribution in [-0.4, -0.2) is 14.2 Å². The smallest absolute Gasteiger partial charge is 0.263 e. The Balaban J connectivity index is 1.75. The minimum Gasteiger partial charge on any atom is -0.460 e. The van der Waals surface area contributed by atoms with Crippen LogP contribution in [0.2, 0.25) is 0 Å². The number of ketones is 1. The van der Waals surface area contributed by atoms with Crippen LogP contribution in [0.1, 0.15) is 29.0 Å². The molecule has 0 fully saturated rings. The van der Waals surface area contributed by atoms with Gasteiger partial charge in [-0.2, -0.15) is 0 Å². The molecule has 0 spiro atoms. The summed E-state index contributed by atoms with van der Waals surface area (Å²) in [6, 6.07) is 14.1. The highest BCUT2D eigenvalue weighted by atomic mass is 79.9. The van der Waals surface area contributed by atoms with E-state index in [0.29, 0.717) is 55.2 Å². The molecule has 5 rings (SSSR count). The molecule has 1 aliphatic rings. The van der Waals surface area contributed by atoms with E-state index in [1.54, 1.807) is 18.2 Å². The minimum atomic E-state index is -3.89. The molecule has 0 unspecified atom stereocenters. The Hall–Kier alpha value is -2.16. The van der Waals surface area contributed by atoms with Crippen molar-refractivity contribution in [1.82, 2.24) is 0 Å². The van der Waals surface area contributed by atoms with E-state index in [1.807, 2.05) is 24.3 Å². The summed E-state index contributed by atoms with van der Waals surface area (Å²) in [6.45, 7) is 0. The Morgan fingerprint density at radius 2 is 1.70 bits per heavy atom. The Bertz CT molecular complexity index is 1460. The molecule has 0 bridgehead atoms. The number of hydrogen-bond donors (Lipinski definition) is 1. The van der Waals surface area contributed by atoms with Crippen LogP contribution in [0.15, 0.2) is 66.8 Å². The molecule has 8 heteroatoms. The molecule has 1 aliphatic carbocycles. The monoisotopic (exact) mass is 547 g/mol. The van der Waals surface area contributed by atoms with Gasteiger partial charge in [0.25, 0.3) is 10.0 Å². The lowest BCUT2D eigenvalue weighted by molar-refractivity contribution is 0.0971. The fraction of sp³-hybridized carbons (Fsp3) is 0.136. The topological polar surface area (TPSA) is 76.4 Å². The van der Waals surface area contributed by atoms with E-state index < -0.39 is 10.0 Å². The number of rotatable bonds is 3. The number of Topliss-reactive ketones (excluding diaryl/α,β-unsaturated/α-hetero) is 1. The lowest BCUT2D eigenvalue weighted by Crippen LogP contribution is -2.14. The van der Waals surface area contributed by atoms with E-state index in [2.05, 4.69) is 36.6 Å². The first-order valence-corrected chi connectivity index (χ1v) is 12.4. The van der Waals surface area contributed by atoms with Gasteiger partial charge in [-0.15, -0.1) is 0 Å². The van der Waals surface area contributed by atoms with Gasteiger partial charge >= 0.3 is 0 Å². The van der Waals surface area contributed by atoms with Crippen LogP contribution in [0.5, 0.6) is 0 Å². The van der Waals surface area contributed by atoms with E-state index >= 15 is 0 Å². The van der Waals surface area contributed by atoms with Crippen molar-refractivity contribution in [2.45, 2.75) is 24.2 Å². The van der Waals surface area contributed by atoms with Crippen LogP contribution >= 0.6 is 31.9 Å². The van der Waals surface area contributed by atoms with Gasteiger partial charge in [0.2, 0.25) is 0 Å². The maximum absolute atomic E-state index is 13.2. The molecule has 152 valence electrons. The number of nitrogens with one attached hydrogen (secondary N) is 1. The second-order valence-electron chi connectivity index (χ2n) is 7.20. The Morgan fingerprint density at radius 3 is 2.50 bits per heavy atom. The molecule has 1 heterocycles. The van der Waals surface area contributed by atoms with Crippen LogP contribution in [0.25, 0.3) is 21.7 Å². The maximum Gasteiger partial charge on any atom is 0.263 e. The van der Waals surface area contributed by atoms with Crippen molar-refractivity contribution in [1.29, 1.82) is 0 Å². The zero-order valence-electron chi connectivity index (χ0n) is 15.5. The molecule has 0 atom stereocenters. The summed E-state index contributed by atoms with van der Waals surface area (Å²) in [6.07, 6.45) is 1.94. The van der Waals surface area contributed by atoms with Gasteiger partial charge in [-0.1, -0.05) is 40.2 Å². The molecule has 4 aromatic rings. The number of furan rings is 1. The molecular formula is C22H15Br2NO4S. The van der Waals surface area contributed by atoms with Crippen molar-refractivity contribution in [3.8, 4) is 0 Å².